The highest BCUT2D eigenvalue weighted by Crippen LogP contribution is 2.11. The molecular formula is C10H12N2O3. The summed E-state index contributed by atoms with van der Waals surface area (Å²) in [7, 11) is 0. The van der Waals surface area contributed by atoms with E-state index in [0.29, 0.717) is 13.1 Å². The second kappa shape index (κ2) is 3.76. The molecule has 0 bridgehead atoms. The first kappa shape index (κ1) is 9.76. The Kier molecular flexibility index (Phi) is 2.45. The molecule has 0 aromatic carbocycles. The number of piperazine rings is 1. The Morgan fingerprint density at radius 3 is 3.13 bits per heavy atom. The highest BCUT2D eigenvalue weighted by atomic mass is 16.3. The van der Waals surface area contributed by atoms with E-state index >= 15 is 0 Å². The van der Waals surface area contributed by atoms with Crippen LogP contribution in [-0.2, 0) is 4.79 Å². The fourth-order valence-electron chi connectivity index (χ4n) is 1.60. The van der Waals surface area contributed by atoms with Crippen molar-refractivity contribution in [2.24, 2.45) is 0 Å². The Morgan fingerprint density at radius 2 is 2.47 bits per heavy atom. The molecule has 5 nitrogen and oxygen atoms in total. The SMILES string of the molecule is C[C@@H]1C(=O)NCCN1C(=O)c1ccco1. The van der Waals surface area contributed by atoms with Crippen LogP contribution in [0.5, 0.6) is 0 Å². The topological polar surface area (TPSA) is 62.6 Å². The van der Waals surface area contributed by atoms with E-state index in [2.05, 4.69) is 5.32 Å². The summed E-state index contributed by atoms with van der Waals surface area (Å²) >= 11 is 0. The number of amides is 2. The largest absolute Gasteiger partial charge is 0.459 e. The molecule has 2 amide bonds. The first-order valence-electron chi connectivity index (χ1n) is 4.82. The Balaban J connectivity index is 2.16. The predicted octanol–water partition coefficient (Wildman–Crippen LogP) is 0.240. The van der Waals surface area contributed by atoms with Gasteiger partial charge in [-0.2, -0.15) is 0 Å². The number of carbonyl (C=O) groups is 2. The van der Waals surface area contributed by atoms with Gasteiger partial charge in [0.15, 0.2) is 5.76 Å². The Morgan fingerprint density at radius 1 is 1.67 bits per heavy atom. The second-order valence-electron chi connectivity index (χ2n) is 3.44. The van der Waals surface area contributed by atoms with E-state index in [0.717, 1.165) is 0 Å². The van der Waals surface area contributed by atoms with E-state index in [1.807, 2.05) is 0 Å². The van der Waals surface area contributed by atoms with Crippen LogP contribution in [0.1, 0.15) is 17.5 Å². The highest BCUT2D eigenvalue weighted by molar-refractivity contribution is 5.96. The molecule has 0 radical (unpaired) electrons. The lowest BCUT2D eigenvalue weighted by molar-refractivity contribution is -0.127. The minimum Gasteiger partial charge on any atom is -0.459 e. The molecule has 1 fully saturated rings. The Hall–Kier alpha value is -1.78. The Labute approximate surface area is 87.0 Å². The number of furan rings is 1. The quantitative estimate of drug-likeness (QED) is 0.719. The fourth-order valence-corrected chi connectivity index (χ4v) is 1.60. The van der Waals surface area contributed by atoms with Crippen LogP contribution in [-0.4, -0.2) is 35.8 Å². The summed E-state index contributed by atoms with van der Waals surface area (Å²) in [6.07, 6.45) is 1.45. The van der Waals surface area contributed by atoms with E-state index in [1.54, 1.807) is 19.1 Å². The van der Waals surface area contributed by atoms with E-state index in [1.165, 1.54) is 11.2 Å². The van der Waals surface area contributed by atoms with Crippen LogP contribution in [0.25, 0.3) is 0 Å². The average Bonchev–Trinajstić information content (AvgIpc) is 2.74. The molecule has 1 aromatic heterocycles. The van der Waals surface area contributed by atoms with Crippen molar-refractivity contribution >= 4 is 11.8 Å². The van der Waals surface area contributed by atoms with Gasteiger partial charge in [-0.3, -0.25) is 9.59 Å². The van der Waals surface area contributed by atoms with Gasteiger partial charge in [0.25, 0.3) is 5.91 Å². The molecule has 0 saturated carbocycles. The van der Waals surface area contributed by atoms with Crippen molar-refractivity contribution in [3.63, 3.8) is 0 Å². The van der Waals surface area contributed by atoms with Crippen molar-refractivity contribution in [3.8, 4) is 0 Å². The molecule has 5 heteroatoms. The summed E-state index contributed by atoms with van der Waals surface area (Å²) in [5, 5.41) is 2.70. The van der Waals surface area contributed by atoms with Crippen LogP contribution >= 0.6 is 0 Å². The third-order valence-electron chi connectivity index (χ3n) is 2.49. The maximum absolute atomic E-state index is 11.9. The summed E-state index contributed by atoms with van der Waals surface area (Å²) in [5.74, 6) is -0.0833. The average molecular weight is 208 g/mol. The first-order chi connectivity index (χ1) is 7.20. The molecule has 1 atom stereocenters. The van der Waals surface area contributed by atoms with E-state index in [-0.39, 0.29) is 17.6 Å². The van der Waals surface area contributed by atoms with Gasteiger partial charge in [0.2, 0.25) is 5.91 Å². The van der Waals surface area contributed by atoms with Crippen LogP contribution < -0.4 is 5.32 Å². The van der Waals surface area contributed by atoms with E-state index in [4.69, 9.17) is 4.42 Å². The zero-order valence-electron chi connectivity index (χ0n) is 8.40. The summed E-state index contributed by atoms with van der Waals surface area (Å²) in [6, 6.07) is 2.82. The molecule has 1 aliphatic heterocycles. The van der Waals surface area contributed by atoms with Crippen molar-refractivity contribution in [3.05, 3.63) is 24.2 Å². The number of hydrogen-bond acceptors (Lipinski definition) is 3. The molecule has 0 aliphatic carbocycles. The summed E-state index contributed by atoms with van der Waals surface area (Å²) in [4.78, 5) is 24.7. The maximum atomic E-state index is 11.9. The molecule has 2 rings (SSSR count). The minimum atomic E-state index is -0.434. The third kappa shape index (κ3) is 1.72. The minimum absolute atomic E-state index is 0.124. The molecule has 1 saturated heterocycles. The number of hydrogen-bond donors (Lipinski definition) is 1. The zero-order chi connectivity index (χ0) is 10.8. The van der Waals surface area contributed by atoms with Crippen LogP contribution in [0.4, 0.5) is 0 Å². The molecule has 2 heterocycles. The molecule has 1 N–H and O–H groups in total. The molecule has 80 valence electrons. The van der Waals surface area contributed by atoms with Crippen molar-refractivity contribution in [1.29, 1.82) is 0 Å². The van der Waals surface area contributed by atoms with Crippen LogP contribution in [0, 0.1) is 0 Å². The molecule has 1 aliphatic rings. The molecule has 1 aromatic rings. The smallest absolute Gasteiger partial charge is 0.290 e. The van der Waals surface area contributed by atoms with Gasteiger partial charge in [0.1, 0.15) is 6.04 Å². The van der Waals surface area contributed by atoms with E-state index < -0.39 is 6.04 Å². The lowest BCUT2D eigenvalue weighted by Crippen LogP contribution is -2.55. The van der Waals surface area contributed by atoms with Gasteiger partial charge in [-0.1, -0.05) is 0 Å². The van der Waals surface area contributed by atoms with Gasteiger partial charge in [0, 0.05) is 13.1 Å². The fraction of sp³-hybridized carbons (Fsp3) is 0.400. The number of nitrogens with zero attached hydrogens (tertiary/aromatic N) is 1. The Bertz CT molecular complexity index is 372. The van der Waals surface area contributed by atoms with Gasteiger partial charge in [-0.05, 0) is 19.1 Å². The monoisotopic (exact) mass is 208 g/mol. The lowest BCUT2D eigenvalue weighted by Gasteiger charge is -2.32. The first-order valence-corrected chi connectivity index (χ1v) is 4.82. The maximum Gasteiger partial charge on any atom is 0.290 e. The second-order valence-corrected chi connectivity index (χ2v) is 3.44. The normalized spacial score (nSPS) is 21.3. The van der Waals surface area contributed by atoms with Gasteiger partial charge in [0.05, 0.1) is 6.26 Å². The van der Waals surface area contributed by atoms with Gasteiger partial charge < -0.3 is 14.6 Å². The third-order valence-corrected chi connectivity index (χ3v) is 2.49. The van der Waals surface area contributed by atoms with Gasteiger partial charge in [-0.25, -0.2) is 0 Å². The standard InChI is InChI=1S/C10H12N2O3/c1-7-9(13)11-4-5-12(7)10(14)8-3-2-6-15-8/h2-3,6-7H,4-5H2,1H3,(H,11,13)/t7-/m1/s1. The van der Waals surface area contributed by atoms with E-state index in [9.17, 15) is 9.59 Å². The molecule has 0 unspecified atom stereocenters. The molecule has 0 spiro atoms. The molecule has 15 heavy (non-hydrogen) atoms. The predicted molar refractivity (Wildman–Crippen MR) is 52.2 cm³/mol. The van der Waals surface area contributed by atoms with Crippen molar-refractivity contribution < 1.29 is 14.0 Å². The molecular weight excluding hydrogens is 196 g/mol. The van der Waals surface area contributed by atoms with Gasteiger partial charge >= 0.3 is 0 Å². The summed E-state index contributed by atoms with van der Waals surface area (Å²) < 4.78 is 5.01. The van der Waals surface area contributed by atoms with Crippen molar-refractivity contribution in [2.45, 2.75) is 13.0 Å². The number of rotatable bonds is 1. The summed E-state index contributed by atoms with van der Waals surface area (Å²) in [6.45, 7) is 2.72. The number of nitrogens with one attached hydrogen (secondary N) is 1. The van der Waals surface area contributed by atoms with Gasteiger partial charge in [-0.15, -0.1) is 0 Å². The van der Waals surface area contributed by atoms with Crippen LogP contribution in [0.2, 0.25) is 0 Å². The zero-order valence-corrected chi connectivity index (χ0v) is 8.40. The van der Waals surface area contributed by atoms with Crippen LogP contribution in [0.15, 0.2) is 22.8 Å². The van der Waals surface area contributed by atoms with Crippen molar-refractivity contribution in [2.75, 3.05) is 13.1 Å². The number of carbonyl (C=O) groups excluding carboxylic acids is 2. The lowest BCUT2D eigenvalue weighted by atomic mass is 10.2. The summed E-state index contributed by atoms with van der Waals surface area (Å²) in [5.41, 5.74) is 0. The highest BCUT2D eigenvalue weighted by Gasteiger charge is 2.30. The van der Waals surface area contributed by atoms with Crippen molar-refractivity contribution in [1.82, 2.24) is 10.2 Å². The van der Waals surface area contributed by atoms with Crippen LogP contribution in [0.3, 0.4) is 0 Å².